The maximum absolute atomic E-state index is 9.18. The molecule has 0 aromatic heterocycles. The molecule has 2 rings (SSSR count). The summed E-state index contributed by atoms with van der Waals surface area (Å²) in [5, 5.41) is 21.9. The van der Waals surface area contributed by atoms with Crippen molar-refractivity contribution in [1.82, 2.24) is 0 Å². The van der Waals surface area contributed by atoms with E-state index in [0.717, 1.165) is 29.0 Å². The molecule has 136 valence electrons. The molecular weight excluding hydrogens is 314 g/mol. The summed E-state index contributed by atoms with van der Waals surface area (Å²) in [6.07, 6.45) is 0.919. The minimum Gasteiger partial charge on any atom is -0.399 e. The van der Waals surface area contributed by atoms with Gasteiger partial charge in [-0.25, -0.2) is 0 Å². The highest BCUT2D eigenvalue weighted by Gasteiger charge is 2.10. The first-order chi connectivity index (χ1) is 12.0. The van der Waals surface area contributed by atoms with Gasteiger partial charge in [-0.2, -0.15) is 0 Å². The summed E-state index contributed by atoms with van der Waals surface area (Å²) in [5.41, 5.74) is 11.0. The van der Waals surface area contributed by atoms with Gasteiger partial charge in [0.15, 0.2) is 0 Å². The highest BCUT2D eigenvalue weighted by Crippen LogP contribution is 2.23. The summed E-state index contributed by atoms with van der Waals surface area (Å²) < 4.78 is 0. The molecule has 0 aliphatic rings. The molecule has 0 aliphatic carbocycles. The van der Waals surface area contributed by atoms with Crippen molar-refractivity contribution in [3.05, 3.63) is 53.6 Å². The fraction of sp³-hybridized carbons (Fsp3) is 0.400. The van der Waals surface area contributed by atoms with Crippen LogP contribution < -0.4 is 16.0 Å². The molecule has 0 heterocycles. The van der Waals surface area contributed by atoms with Crippen molar-refractivity contribution in [2.75, 3.05) is 42.3 Å². The van der Waals surface area contributed by atoms with E-state index in [1.807, 2.05) is 23.1 Å². The molecule has 0 radical (unpaired) electrons. The number of nitrogens with zero attached hydrogens (tertiary/aromatic N) is 1. The average Bonchev–Trinajstić information content (AvgIpc) is 2.58. The lowest BCUT2D eigenvalue weighted by Gasteiger charge is -2.25. The Morgan fingerprint density at radius 3 is 2.24 bits per heavy atom. The van der Waals surface area contributed by atoms with Crippen molar-refractivity contribution in [3.8, 4) is 0 Å². The molecule has 25 heavy (non-hydrogen) atoms. The van der Waals surface area contributed by atoms with Crippen LogP contribution in [0.15, 0.2) is 42.5 Å². The molecular formula is C20H29N3O2. The van der Waals surface area contributed by atoms with Gasteiger partial charge in [0.05, 0.1) is 13.2 Å². The molecule has 0 saturated carbocycles. The number of aliphatic hydroxyl groups is 2. The van der Waals surface area contributed by atoms with Crippen molar-refractivity contribution >= 4 is 17.1 Å². The fourth-order valence-electron chi connectivity index (χ4n) is 2.94. The zero-order valence-electron chi connectivity index (χ0n) is 15.1. The third kappa shape index (κ3) is 5.66. The first kappa shape index (κ1) is 19.1. The Kier molecular flexibility index (Phi) is 7.10. The van der Waals surface area contributed by atoms with Crippen LogP contribution in [0.3, 0.4) is 0 Å². The number of rotatable bonds is 9. The smallest absolute Gasteiger partial charge is 0.0606 e. The van der Waals surface area contributed by atoms with E-state index in [9.17, 15) is 10.2 Å². The van der Waals surface area contributed by atoms with Gasteiger partial charge in [0.1, 0.15) is 0 Å². The van der Waals surface area contributed by atoms with E-state index in [0.29, 0.717) is 19.1 Å². The Morgan fingerprint density at radius 2 is 1.68 bits per heavy atom. The van der Waals surface area contributed by atoms with Crippen LogP contribution in [-0.4, -0.2) is 42.6 Å². The van der Waals surface area contributed by atoms with Crippen LogP contribution in [-0.2, 0) is 6.42 Å². The Morgan fingerprint density at radius 1 is 1.04 bits per heavy atom. The largest absolute Gasteiger partial charge is 0.399 e. The van der Waals surface area contributed by atoms with Crippen LogP contribution >= 0.6 is 0 Å². The number of nitrogens with one attached hydrogen (secondary N) is 1. The second kappa shape index (κ2) is 9.30. The van der Waals surface area contributed by atoms with Gasteiger partial charge in [0.2, 0.25) is 0 Å². The molecule has 0 spiro atoms. The molecule has 1 unspecified atom stereocenters. The SMILES string of the molecule is Cc1cc(N(CCO)CCO)ccc1NC(C)Cc1ccc(N)cc1. The van der Waals surface area contributed by atoms with Gasteiger partial charge in [-0.3, -0.25) is 0 Å². The van der Waals surface area contributed by atoms with Gasteiger partial charge in [0, 0.05) is 36.2 Å². The third-order valence-electron chi connectivity index (χ3n) is 4.24. The Labute approximate surface area is 150 Å². The summed E-state index contributed by atoms with van der Waals surface area (Å²) in [7, 11) is 0. The van der Waals surface area contributed by atoms with Crippen LogP contribution in [0.1, 0.15) is 18.1 Å². The lowest BCUT2D eigenvalue weighted by Crippen LogP contribution is -2.29. The monoisotopic (exact) mass is 343 g/mol. The third-order valence-corrected chi connectivity index (χ3v) is 4.24. The second-order valence-electron chi connectivity index (χ2n) is 6.42. The van der Waals surface area contributed by atoms with E-state index < -0.39 is 0 Å². The highest BCUT2D eigenvalue weighted by atomic mass is 16.3. The van der Waals surface area contributed by atoms with E-state index in [2.05, 4.69) is 43.4 Å². The second-order valence-corrected chi connectivity index (χ2v) is 6.42. The fourth-order valence-corrected chi connectivity index (χ4v) is 2.94. The van der Waals surface area contributed by atoms with E-state index in [4.69, 9.17) is 5.73 Å². The van der Waals surface area contributed by atoms with Gasteiger partial charge in [-0.15, -0.1) is 0 Å². The molecule has 5 N–H and O–H groups in total. The number of aliphatic hydroxyl groups excluding tert-OH is 2. The number of hydrogen-bond donors (Lipinski definition) is 4. The first-order valence-corrected chi connectivity index (χ1v) is 8.71. The van der Waals surface area contributed by atoms with Gasteiger partial charge >= 0.3 is 0 Å². The molecule has 2 aromatic rings. The normalized spacial score (nSPS) is 12.0. The molecule has 0 aliphatic heterocycles. The summed E-state index contributed by atoms with van der Waals surface area (Å²) >= 11 is 0. The lowest BCUT2D eigenvalue weighted by molar-refractivity contribution is 0.281. The van der Waals surface area contributed by atoms with E-state index in [1.165, 1.54) is 5.56 Å². The summed E-state index contributed by atoms with van der Waals surface area (Å²) in [6.45, 7) is 5.39. The highest BCUT2D eigenvalue weighted by molar-refractivity contribution is 5.60. The van der Waals surface area contributed by atoms with E-state index in [-0.39, 0.29) is 13.2 Å². The predicted molar refractivity (Wildman–Crippen MR) is 105 cm³/mol. The molecule has 5 heteroatoms. The average molecular weight is 343 g/mol. The maximum Gasteiger partial charge on any atom is 0.0606 e. The standard InChI is InChI=1S/C20H29N3O2/c1-15-13-19(23(9-11-24)10-12-25)7-8-20(15)22-16(2)14-17-3-5-18(21)6-4-17/h3-8,13,16,22,24-25H,9-12,14,21H2,1-2H3. The Bertz CT molecular complexity index is 652. The van der Waals surface area contributed by atoms with E-state index >= 15 is 0 Å². The molecule has 2 aromatic carbocycles. The quantitative estimate of drug-likeness (QED) is 0.526. The zero-order valence-corrected chi connectivity index (χ0v) is 15.1. The van der Waals surface area contributed by atoms with Crippen LogP contribution in [0.2, 0.25) is 0 Å². The summed E-state index contributed by atoms with van der Waals surface area (Å²) in [5.74, 6) is 0. The number of anilines is 3. The molecule has 1 atom stereocenters. The summed E-state index contributed by atoms with van der Waals surface area (Å²) in [4.78, 5) is 1.98. The number of nitrogen functional groups attached to an aromatic ring is 1. The molecule has 0 amide bonds. The van der Waals surface area contributed by atoms with Gasteiger partial charge in [-0.1, -0.05) is 12.1 Å². The van der Waals surface area contributed by atoms with Gasteiger partial charge in [-0.05, 0) is 61.7 Å². The Hall–Kier alpha value is -2.24. The first-order valence-electron chi connectivity index (χ1n) is 8.71. The van der Waals surface area contributed by atoms with Gasteiger partial charge < -0.3 is 26.2 Å². The van der Waals surface area contributed by atoms with Crippen LogP contribution in [0.25, 0.3) is 0 Å². The van der Waals surface area contributed by atoms with Crippen molar-refractivity contribution in [3.63, 3.8) is 0 Å². The zero-order chi connectivity index (χ0) is 18.2. The van der Waals surface area contributed by atoms with Crippen LogP contribution in [0, 0.1) is 6.92 Å². The topological polar surface area (TPSA) is 81.8 Å². The molecule has 0 bridgehead atoms. The minimum absolute atomic E-state index is 0.0671. The number of aryl methyl sites for hydroxylation is 1. The number of hydrogen-bond acceptors (Lipinski definition) is 5. The predicted octanol–water partition coefficient (Wildman–Crippen LogP) is 2.41. The van der Waals surface area contributed by atoms with E-state index in [1.54, 1.807) is 0 Å². The Balaban J connectivity index is 2.03. The van der Waals surface area contributed by atoms with Crippen molar-refractivity contribution in [2.24, 2.45) is 0 Å². The molecule has 0 saturated heterocycles. The maximum atomic E-state index is 9.18. The number of nitrogens with two attached hydrogens (primary N) is 1. The minimum atomic E-state index is 0.0671. The number of benzene rings is 2. The van der Waals surface area contributed by atoms with Crippen LogP contribution in [0.4, 0.5) is 17.1 Å². The molecule has 0 fully saturated rings. The molecule has 5 nitrogen and oxygen atoms in total. The van der Waals surface area contributed by atoms with Gasteiger partial charge in [0.25, 0.3) is 0 Å². The summed E-state index contributed by atoms with van der Waals surface area (Å²) in [6, 6.07) is 14.4. The van der Waals surface area contributed by atoms with Crippen molar-refractivity contribution in [1.29, 1.82) is 0 Å². The van der Waals surface area contributed by atoms with Crippen LogP contribution in [0.5, 0.6) is 0 Å². The lowest BCUT2D eigenvalue weighted by atomic mass is 10.1. The van der Waals surface area contributed by atoms with Crippen molar-refractivity contribution < 1.29 is 10.2 Å². The van der Waals surface area contributed by atoms with Crippen molar-refractivity contribution in [2.45, 2.75) is 26.3 Å².